The van der Waals surface area contributed by atoms with Gasteiger partial charge in [0.15, 0.2) is 12.4 Å². The van der Waals surface area contributed by atoms with Crippen LogP contribution in [0.3, 0.4) is 0 Å². The first-order chi connectivity index (χ1) is 12.8. The molecule has 1 heterocycles. The lowest BCUT2D eigenvalue weighted by atomic mass is 10.1. The maximum absolute atomic E-state index is 12.1. The van der Waals surface area contributed by atoms with Crippen LogP contribution in [0.2, 0.25) is 0 Å². The summed E-state index contributed by atoms with van der Waals surface area (Å²) in [6.07, 6.45) is 1.41. The summed E-state index contributed by atoms with van der Waals surface area (Å²) in [5, 5.41) is 2.74. The van der Waals surface area contributed by atoms with Gasteiger partial charge in [0.2, 0.25) is 0 Å². The number of aromatic nitrogens is 1. The summed E-state index contributed by atoms with van der Waals surface area (Å²) in [7, 11) is 3.08. The third-order valence-electron chi connectivity index (χ3n) is 3.92. The number of ether oxygens (including phenoxy) is 3. The van der Waals surface area contributed by atoms with E-state index in [1.54, 1.807) is 32.2 Å². The molecular formula is C19H22N2O6. The molecule has 8 heteroatoms. The number of carbonyl (C=O) groups excluding carboxylic acids is 3. The summed E-state index contributed by atoms with van der Waals surface area (Å²) >= 11 is 0. The maximum Gasteiger partial charge on any atom is 0.355 e. The highest BCUT2D eigenvalue weighted by atomic mass is 16.5. The number of carbonyl (C=O) groups is 3. The van der Waals surface area contributed by atoms with Crippen molar-refractivity contribution in [1.82, 2.24) is 10.3 Å². The molecule has 0 unspecified atom stereocenters. The van der Waals surface area contributed by atoms with Gasteiger partial charge in [-0.05, 0) is 38.1 Å². The molecule has 0 aliphatic carbocycles. The molecule has 27 heavy (non-hydrogen) atoms. The quantitative estimate of drug-likeness (QED) is 0.542. The highest BCUT2D eigenvalue weighted by Crippen LogP contribution is 2.29. The molecule has 2 aromatic rings. The van der Waals surface area contributed by atoms with Crippen LogP contribution in [0.15, 0.2) is 30.5 Å². The monoisotopic (exact) mass is 374 g/mol. The number of hydrogen-bond donors (Lipinski definition) is 2. The Bertz CT molecular complexity index is 842. The molecule has 0 aliphatic rings. The summed E-state index contributed by atoms with van der Waals surface area (Å²) in [6.45, 7) is 2.71. The van der Waals surface area contributed by atoms with E-state index in [4.69, 9.17) is 14.2 Å². The molecule has 144 valence electrons. The molecule has 0 radical (unpaired) electrons. The minimum atomic E-state index is -0.718. The van der Waals surface area contributed by atoms with Gasteiger partial charge < -0.3 is 24.5 Å². The fourth-order valence-corrected chi connectivity index (χ4v) is 2.46. The number of benzene rings is 1. The summed E-state index contributed by atoms with van der Waals surface area (Å²) < 4.78 is 15.5. The van der Waals surface area contributed by atoms with Crippen LogP contribution in [-0.4, -0.2) is 43.5 Å². The summed E-state index contributed by atoms with van der Waals surface area (Å²) in [5.41, 5.74) is 1.20. The molecule has 1 atom stereocenters. The van der Waals surface area contributed by atoms with Gasteiger partial charge >= 0.3 is 5.97 Å². The van der Waals surface area contributed by atoms with Crippen LogP contribution in [0.4, 0.5) is 0 Å². The molecular weight excluding hydrogens is 352 g/mol. The van der Waals surface area contributed by atoms with Gasteiger partial charge in [-0.3, -0.25) is 9.59 Å². The second-order valence-electron chi connectivity index (χ2n) is 5.83. The second kappa shape index (κ2) is 8.88. The van der Waals surface area contributed by atoms with Gasteiger partial charge in [-0.15, -0.1) is 0 Å². The lowest BCUT2D eigenvalue weighted by molar-refractivity contribution is -0.124. The molecule has 8 nitrogen and oxygen atoms in total. The number of esters is 1. The first-order valence-corrected chi connectivity index (χ1v) is 8.23. The number of aromatic amines is 1. The molecule has 1 aromatic carbocycles. The zero-order valence-corrected chi connectivity index (χ0v) is 15.6. The maximum atomic E-state index is 12.1. The van der Waals surface area contributed by atoms with Crippen molar-refractivity contribution >= 4 is 17.7 Å². The molecule has 2 rings (SSSR count). The Labute approximate surface area is 156 Å². The van der Waals surface area contributed by atoms with E-state index >= 15 is 0 Å². The minimum Gasteiger partial charge on any atom is -0.497 e. The van der Waals surface area contributed by atoms with E-state index in [1.807, 2.05) is 0 Å². The Hall–Kier alpha value is -3.29. The van der Waals surface area contributed by atoms with Crippen LogP contribution in [-0.2, 0) is 9.53 Å². The molecule has 0 spiro atoms. The van der Waals surface area contributed by atoms with Gasteiger partial charge in [0.25, 0.3) is 5.91 Å². The summed E-state index contributed by atoms with van der Waals surface area (Å²) in [6, 6.07) is 6.25. The Kier molecular flexibility index (Phi) is 6.59. The lowest BCUT2D eigenvalue weighted by Crippen LogP contribution is -2.31. The Morgan fingerprint density at radius 2 is 1.89 bits per heavy atom. The average Bonchev–Trinajstić information content (AvgIpc) is 3.16. The van der Waals surface area contributed by atoms with Crippen molar-refractivity contribution in [2.24, 2.45) is 0 Å². The summed E-state index contributed by atoms with van der Waals surface area (Å²) in [4.78, 5) is 37.9. The number of nitrogens with one attached hydrogen (secondary N) is 2. The molecule has 0 fully saturated rings. The molecule has 0 bridgehead atoms. The van der Waals surface area contributed by atoms with E-state index in [0.717, 1.165) is 5.56 Å². The van der Waals surface area contributed by atoms with Crippen LogP contribution >= 0.6 is 0 Å². The van der Waals surface area contributed by atoms with E-state index in [1.165, 1.54) is 26.3 Å². The molecule has 0 saturated heterocycles. The van der Waals surface area contributed by atoms with Crippen molar-refractivity contribution in [3.05, 3.63) is 47.3 Å². The van der Waals surface area contributed by atoms with E-state index in [2.05, 4.69) is 10.3 Å². The van der Waals surface area contributed by atoms with Crippen LogP contribution in [0.25, 0.3) is 0 Å². The number of rotatable bonds is 8. The van der Waals surface area contributed by atoms with E-state index in [9.17, 15) is 14.4 Å². The third-order valence-corrected chi connectivity index (χ3v) is 3.92. The Balaban J connectivity index is 1.95. The zero-order valence-electron chi connectivity index (χ0n) is 15.6. The van der Waals surface area contributed by atoms with Crippen molar-refractivity contribution in [2.45, 2.75) is 19.9 Å². The van der Waals surface area contributed by atoms with Crippen molar-refractivity contribution < 1.29 is 28.6 Å². The molecule has 0 aliphatic heterocycles. The summed E-state index contributed by atoms with van der Waals surface area (Å²) in [5.74, 6) is -0.137. The van der Waals surface area contributed by atoms with Gasteiger partial charge in [-0.2, -0.15) is 0 Å². The normalized spacial score (nSPS) is 11.4. The number of H-pyrrole nitrogens is 1. The number of ketones is 1. The third kappa shape index (κ3) is 5.10. The first-order valence-electron chi connectivity index (χ1n) is 8.23. The van der Waals surface area contributed by atoms with Gasteiger partial charge in [0.05, 0.1) is 20.3 Å². The standard InChI is InChI=1S/C19H22N2O6/c1-11(15-8-14(25-3)5-6-17(15)26-4)21-18(23)10-27-19(24)16-7-13(9-20-16)12(2)22/h5-9,11,20H,10H2,1-4H3,(H,21,23)/t11-/m1/s1. The predicted molar refractivity (Wildman–Crippen MR) is 97.2 cm³/mol. The smallest absolute Gasteiger partial charge is 0.355 e. The van der Waals surface area contributed by atoms with Crippen LogP contribution < -0.4 is 14.8 Å². The Morgan fingerprint density at radius 1 is 1.15 bits per heavy atom. The lowest BCUT2D eigenvalue weighted by Gasteiger charge is -2.18. The predicted octanol–water partition coefficient (Wildman–Crippen LogP) is 2.27. The first kappa shape index (κ1) is 20.0. The fourth-order valence-electron chi connectivity index (χ4n) is 2.46. The van der Waals surface area contributed by atoms with Crippen molar-refractivity contribution in [1.29, 1.82) is 0 Å². The number of amides is 1. The Morgan fingerprint density at radius 3 is 2.48 bits per heavy atom. The van der Waals surface area contributed by atoms with Crippen LogP contribution in [0, 0.1) is 0 Å². The number of Topliss-reactive ketones (excluding diaryl/α,β-unsaturated/α-hetero) is 1. The van der Waals surface area contributed by atoms with E-state index in [0.29, 0.717) is 17.1 Å². The fraction of sp³-hybridized carbons (Fsp3) is 0.316. The average molecular weight is 374 g/mol. The van der Waals surface area contributed by atoms with Crippen molar-refractivity contribution in [3.8, 4) is 11.5 Å². The van der Waals surface area contributed by atoms with E-state index < -0.39 is 24.5 Å². The topological polar surface area (TPSA) is 107 Å². The SMILES string of the molecule is COc1ccc(OC)c([C@@H](C)NC(=O)COC(=O)c2cc(C(C)=O)c[nH]2)c1. The van der Waals surface area contributed by atoms with Gasteiger partial charge in [-0.1, -0.05) is 0 Å². The highest BCUT2D eigenvalue weighted by Gasteiger charge is 2.18. The highest BCUT2D eigenvalue weighted by molar-refractivity contribution is 5.97. The van der Waals surface area contributed by atoms with Crippen molar-refractivity contribution in [3.63, 3.8) is 0 Å². The number of methoxy groups -OCH3 is 2. The molecule has 2 N–H and O–H groups in total. The van der Waals surface area contributed by atoms with Gasteiger partial charge in [-0.25, -0.2) is 4.79 Å². The van der Waals surface area contributed by atoms with E-state index in [-0.39, 0.29) is 11.5 Å². The zero-order chi connectivity index (χ0) is 20.0. The van der Waals surface area contributed by atoms with Crippen LogP contribution in [0.5, 0.6) is 11.5 Å². The largest absolute Gasteiger partial charge is 0.497 e. The van der Waals surface area contributed by atoms with Gasteiger partial charge in [0.1, 0.15) is 17.2 Å². The molecule has 1 amide bonds. The molecule has 1 aromatic heterocycles. The number of hydrogen-bond acceptors (Lipinski definition) is 6. The molecule has 0 saturated carbocycles. The van der Waals surface area contributed by atoms with Crippen molar-refractivity contribution in [2.75, 3.05) is 20.8 Å². The van der Waals surface area contributed by atoms with Crippen LogP contribution in [0.1, 0.15) is 46.3 Å². The van der Waals surface area contributed by atoms with Gasteiger partial charge in [0, 0.05) is 17.3 Å². The second-order valence-corrected chi connectivity index (χ2v) is 5.83. The minimum absolute atomic E-state index is 0.107.